The van der Waals surface area contributed by atoms with Gasteiger partial charge in [0.2, 0.25) is 5.91 Å². The number of aliphatic imine (C=N–C) groups is 1. The SMILES string of the molecule is CCC(=O)N=C(c1ccccc1)c1ccccc1. The molecule has 2 aromatic carbocycles. The van der Waals surface area contributed by atoms with Crippen molar-refractivity contribution in [1.82, 2.24) is 0 Å². The Labute approximate surface area is 107 Å². The summed E-state index contributed by atoms with van der Waals surface area (Å²) in [7, 11) is 0. The molecule has 90 valence electrons. The highest BCUT2D eigenvalue weighted by molar-refractivity contribution is 6.16. The minimum atomic E-state index is -0.0993. The molecule has 0 saturated carbocycles. The molecule has 2 heteroatoms. The Morgan fingerprint density at radius 1 is 0.889 bits per heavy atom. The van der Waals surface area contributed by atoms with Gasteiger partial charge in [-0.3, -0.25) is 4.79 Å². The zero-order valence-corrected chi connectivity index (χ0v) is 10.3. The first-order chi connectivity index (χ1) is 8.81. The summed E-state index contributed by atoms with van der Waals surface area (Å²) in [6.07, 6.45) is 0.420. The molecule has 18 heavy (non-hydrogen) atoms. The molecule has 2 aromatic rings. The Balaban J connectivity index is 2.49. The van der Waals surface area contributed by atoms with Gasteiger partial charge in [-0.05, 0) is 0 Å². The van der Waals surface area contributed by atoms with E-state index >= 15 is 0 Å². The summed E-state index contributed by atoms with van der Waals surface area (Å²) in [5, 5.41) is 0. The summed E-state index contributed by atoms with van der Waals surface area (Å²) >= 11 is 0. The van der Waals surface area contributed by atoms with E-state index in [2.05, 4.69) is 4.99 Å². The van der Waals surface area contributed by atoms with Crippen molar-refractivity contribution in [3.63, 3.8) is 0 Å². The van der Waals surface area contributed by atoms with Crippen molar-refractivity contribution in [3.8, 4) is 0 Å². The van der Waals surface area contributed by atoms with Crippen molar-refractivity contribution in [2.24, 2.45) is 4.99 Å². The molecule has 0 aliphatic rings. The Morgan fingerprint density at radius 2 is 1.33 bits per heavy atom. The fourth-order valence-electron chi connectivity index (χ4n) is 1.69. The standard InChI is InChI=1S/C16H15NO/c1-2-15(18)17-16(13-9-5-3-6-10-13)14-11-7-4-8-12-14/h3-12H,2H2,1H3. The van der Waals surface area contributed by atoms with E-state index in [1.165, 1.54) is 0 Å². The van der Waals surface area contributed by atoms with Crippen LogP contribution in [0.1, 0.15) is 24.5 Å². The molecule has 0 bridgehead atoms. The molecule has 0 N–H and O–H groups in total. The maximum absolute atomic E-state index is 11.6. The van der Waals surface area contributed by atoms with Crippen molar-refractivity contribution in [1.29, 1.82) is 0 Å². The number of amides is 1. The zero-order chi connectivity index (χ0) is 12.8. The average Bonchev–Trinajstić information content (AvgIpc) is 2.46. The summed E-state index contributed by atoms with van der Waals surface area (Å²) in [5.74, 6) is -0.0993. The van der Waals surface area contributed by atoms with E-state index in [1.54, 1.807) is 0 Å². The Morgan fingerprint density at radius 3 is 1.72 bits per heavy atom. The number of benzene rings is 2. The molecule has 0 heterocycles. The van der Waals surface area contributed by atoms with Gasteiger partial charge in [0.1, 0.15) is 0 Å². The van der Waals surface area contributed by atoms with Gasteiger partial charge in [-0.15, -0.1) is 0 Å². The number of hydrogen-bond donors (Lipinski definition) is 0. The third-order valence-electron chi connectivity index (χ3n) is 2.63. The van der Waals surface area contributed by atoms with Crippen LogP contribution < -0.4 is 0 Å². The fourth-order valence-corrected chi connectivity index (χ4v) is 1.69. The van der Waals surface area contributed by atoms with Crippen molar-refractivity contribution < 1.29 is 4.79 Å². The van der Waals surface area contributed by atoms with E-state index in [1.807, 2.05) is 67.6 Å². The first-order valence-electron chi connectivity index (χ1n) is 6.03. The van der Waals surface area contributed by atoms with Crippen LogP contribution in [0.2, 0.25) is 0 Å². The third-order valence-corrected chi connectivity index (χ3v) is 2.63. The van der Waals surface area contributed by atoms with Crippen LogP contribution in [-0.2, 0) is 4.79 Å². The summed E-state index contributed by atoms with van der Waals surface area (Å²) in [6, 6.07) is 19.6. The molecule has 2 rings (SSSR count). The monoisotopic (exact) mass is 237 g/mol. The van der Waals surface area contributed by atoms with Gasteiger partial charge in [-0.25, -0.2) is 4.99 Å². The summed E-state index contributed by atoms with van der Waals surface area (Å²) < 4.78 is 0. The second kappa shape index (κ2) is 5.92. The van der Waals surface area contributed by atoms with Crippen LogP contribution in [0.25, 0.3) is 0 Å². The quantitative estimate of drug-likeness (QED) is 0.752. The lowest BCUT2D eigenvalue weighted by atomic mass is 10.0. The first kappa shape index (κ1) is 12.2. The molecular formula is C16H15NO. The van der Waals surface area contributed by atoms with E-state index in [-0.39, 0.29) is 5.91 Å². The number of nitrogens with zero attached hydrogens (tertiary/aromatic N) is 1. The van der Waals surface area contributed by atoms with Crippen LogP contribution in [0.15, 0.2) is 65.7 Å². The van der Waals surface area contributed by atoms with Crippen molar-refractivity contribution in [2.45, 2.75) is 13.3 Å². The second-order valence-electron chi connectivity index (χ2n) is 3.94. The summed E-state index contributed by atoms with van der Waals surface area (Å²) in [5.41, 5.74) is 2.67. The molecule has 0 saturated heterocycles. The molecule has 0 atom stereocenters. The highest BCUT2D eigenvalue weighted by Crippen LogP contribution is 2.11. The van der Waals surface area contributed by atoms with Crippen LogP contribution in [0.4, 0.5) is 0 Å². The predicted molar refractivity (Wildman–Crippen MR) is 73.8 cm³/mol. The van der Waals surface area contributed by atoms with E-state index in [0.717, 1.165) is 16.8 Å². The minimum Gasteiger partial charge on any atom is -0.273 e. The molecule has 0 aromatic heterocycles. The number of carbonyl (C=O) groups excluding carboxylic acids is 1. The maximum Gasteiger partial charge on any atom is 0.245 e. The fraction of sp³-hybridized carbons (Fsp3) is 0.125. The number of hydrogen-bond acceptors (Lipinski definition) is 1. The third kappa shape index (κ3) is 2.92. The van der Waals surface area contributed by atoms with E-state index in [4.69, 9.17) is 0 Å². The number of rotatable bonds is 3. The topological polar surface area (TPSA) is 29.4 Å². The molecule has 0 fully saturated rings. The van der Waals surface area contributed by atoms with Gasteiger partial charge in [0.25, 0.3) is 0 Å². The predicted octanol–water partition coefficient (Wildman–Crippen LogP) is 3.46. The van der Waals surface area contributed by atoms with Gasteiger partial charge in [-0.2, -0.15) is 0 Å². The van der Waals surface area contributed by atoms with Gasteiger partial charge < -0.3 is 0 Å². The van der Waals surface area contributed by atoms with Crippen molar-refractivity contribution in [2.75, 3.05) is 0 Å². The lowest BCUT2D eigenvalue weighted by molar-refractivity contribution is -0.117. The van der Waals surface area contributed by atoms with Gasteiger partial charge in [0, 0.05) is 17.5 Å². The van der Waals surface area contributed by atoms with E-state index in [0.29, 0.717) is 6.42 Å². The molecule has 0 aliphatic heterocycles. The molecular weight excluding hydrogens is 222 g/mol. The lowest BCUT2D eigenvalue weighted by Crippen LogP contribution is -2.06. The zero-order valence-electron chi connectivity index (χ0n) is 10.3. The normalized spacial score (nSPS) is 9.83. The lowest BCUT2D eigenvalue weighted by Gasteiger charge is -2.06. The smallest absolute Gasteiger partial charge is 0.245 e. The molecule has 0 unspecified atom stereocenters. The van der Waals surface area contributed by atoms with E-state index in [9.17, 15) is 4.79 Å². The maximum atomic E-state index is 11.6. The van der Waals surface area contributed by atoms with Gasteiger partial charge in [-0.1, -0.05) is 67.6 Å². The van der Waals surface area contributed by atoms with Gasteiger partial charge >= 0.3 is 0 Å². The van der Waals surface area contributed by atoms with Crippen molar-refractivity contribution in [3.05, 3.63) is 71.8 Å². The highest BCUT2D eigenvalue weighted by Gasteiger charge is 2.07. The highest BCUT2D eigenvalue weighted by atomic mass is 16.1. The van der Waals surface area contributed by atoms with Gasteiger partial charge in [0.05, 0.1) is 5.71 Å². The second-order valence-corrected chi connectivity index (χ2v) is 3.94. The molecule has 0 spiro atoms. The van der Waals surface area contributed by atoms with Crippen LogP contribution in [0, 0.1) is 0 Å². The van der Waals surface area contributed by atoms with Crippen LogP contribution in [0.3, 0.4) is 0 Å². The molecule has 2 nitrogen and oxygen atoms in total. The summed E-state index contributed by atoms with van der Waals surface area (Å²) in [4.78, 5) is 15.8. The van der Waals surface area contributed by atoms with Crippen LogP contribution >= 0.6 is 0 Å². The first-order valence-corrected chi connectivity index (χ1v) is 6.03. The Kier molecular flexibility index (Phi) is 4.02. The van der Waals surface area contributed by atoms with Gasteiger partial charge in [0.15, 0.2) is 0 Å². The summed E-state index contributed by atoms with van der Waals surface area (Å²) in [6.45, 7) is 1.82. The molecule has 0 radical (unpaired) electrons. The molecule has 0 aliphatic carbocycles. The Hall–Kier alpha value is -2.22. The average molecular weight is 237 g/mol. The largest absolute Gasteiger partial charge is 0.273 e. The van der Waals surface area contributed by atoms with Crippen LogP contribution in [-0.4, -0.2) is 11.6 Å². The van der Waals surface area contributed by atoms with Crippen LogP contribution in [0.5, 0.6) is 0 Å². The molecule has 1 amide bonds. The van der Waals surface area contributed by atoms with Crippen molar-refractivity contribution >= 4 is 11.6 Å². The Bertz CT molecular complexity index is 502. The van der Waals surface area contributed by atoms with E-state index < -0.39 is 0 Å². The minimum absolute atomic E-state index is 0.0993. The number of carbonyl (C=O) groups is 1.